The normalized spacial score (nSPS) is 16.6. The van der Waals surface area contributed by atoms with Crippen LogP contribution in [0.25, 0.3) is 0 Å². The van der Waals surface area contributed by atoms with Crippen LogP contribution in [0.3, 0.4) is 0 Å². The zero-order chi connectivity index (χ0) is 21.2. The van der Waals surface area contributed by atoms with Crippen molar-refractivity contribution in [1.29, 1.82) is 0 Å². The third kappa shape index (κ3) is 5.01. The molecule has 0 aromatic heterocycles. The molecule has 2 aromatic rings. The second kappa shape index (κ2) is 8.06. The average molecular weight is 413 g/mol. The van der Waals surface area contributed by atoms with Crippen molar-refractivity contribution < 1.29 is 31.5 Å². The van der Waals surface area contributed by atoms with Crippen LogP contribution in [0.2, 0.25) is 0 Å². The van der Waals surface area contributed by atoms with Gasteiger partial charge < -0.3 is 15.5 Å². The molecule has 1 aliphatic rings. The number of anilines is 1. The molecule has 2 aromatic carbocycles. The average Bonchev–Trinajstić information content (AvgIpc) is 3.11. The lowest BCUT2D eigenvalue weighted by Gasteiger charge is -2.18. The number of likely N-dealkylation sites (tertiary alicyclic amines) is 1. The summed E-state index contributed by atoms with van der Waals surface area (Å²) in [5.41, 5.74) is -1.41. The molecule has 1 heterocycles. The van der Waals surface area contributed by atoms with Gasteiger partial charge in [-0.15, -0.1) is 0 Å². The number of nitrogens with one attached hydrogen (secondary N) is 2. The molecule has 1 saturated heterocycles. The third-order valence-electron chi connectivity index (χ3n) is 4.43. The number of rotatable bonds is 3. The SMILES string of the molecule is O=C(Nc1ccc(F)cc1)NC1CCN(C(=O)c2ccc(F)c(C(F)(F)F)c2)C1. The summed E-state index contributed by atoms with van der Waals surface area (Å²) in [5.74, 6) is -2.58. The molecule has 0 radical (unpaired) electrons. The number of hydrogen-bond donors (Lipinski definition) is 2. The Hall–Kier alpha value is -3.17. The predicted octanol–water partition coefficient (Wildman–Crippen LogP) is 4.02. The van der Waals surface area contributed by atoms with Crippen LogP contribution in [0.4, 0.5) is 32.4 Å². The number of hydrogen-bond acceptors (Lipinski definition) is 2. The molecule has 29 heavy (non-hydrogen) atoms. The molecule has 3 amide bonds. The van der Waals surface area contributed by atoms with Crippen molar-refractivity contribution in [2.45, 2.75) is 18.6 Å². The summed E-state index contributed by atoms with van der Waals surface area (Å²) in [5, 5.41) is 5.16. The van der Waals surface area contributed by atoms with E-state index in [1.165, 1.54) is 29.2 Å². The van der Waals surface area contributed by atoms with Crippen molar-refractivity contribution in [3.05, 3.63) is 65.2 Å². The van der Waals surface area contributed by atoms with E-state index < -0.39 is 41.4 Å². The molecule has 5 nitrogen and oxygen atoms in total. The first-order valence-electron chi connectivity index (χ1n) is 8.62. The highest BCUT2D eigenvalue weighted by molar-refractivity contribution is 5.95. The number of carbonyl (C=O) groups excluding carboxylic acids is 2. The number of urea groups is 1. The van der Waals surface area contributed by atoms with Gasteiger partial charge in [0.2, 0.25) is 0 Å². The van der Waals surface area contributed by atoms with E-state index in [0.29, 0.717) is 24.2 Å². The number of benzene rings is 2. The maximum Gasteiger partial charge on any atom is 0.419 e. The largest absolute Gasteiger partial charge is 0.419 e. The quantitative estimate of drug-likeness (QED) is 0.747. The van der Waals surface area contributed by atoms with Gasteiger partial charge in [0, 0.05) is 30.4 Å². The fraction of sp³-hybridized carbons (Fsp3) is 0.263. The van der Waals surface area contributed by atoms with Crippen LogP contribution in [0.15, 0.2) is 42.5 Å². The number of carbonyl (C=O) groups is 2. The Bertz CT molecular complexity index is 915. The molecule has 1 fully saturated rings. The summed E-state index contributed by atoms with van der Waals surface area (Å²) < 4.78 is 64.8. The van der Waals surface area contributed by atoms with Crippen LogP contribution in [0.5, 0.6) is 0 Å². The van der Waals surface area contributed by atoms with Crippen molar-refractivity contribution in [2.75, 3.05) is 18.4 Å². The Morgan fingerprint density at radius 3 is 2.38 bits per heavy atom. The lowest BCUT2D eigenvalue weighted by Crippen LogP contribution is -2.40. The summed E-state index contributed by atoms with van der Waals surface area (Å²) in [6.07, 6.45) is -4.51. The van der Waals surface area contributed by atoms with Crippen LogP contribution >= 0.6 is 0 Å². The van der Waals surface area contributed by atoms with E-state index in [2.05, 4.69) is 10.6 Å². The first kappa shape index (κ1) is 20.6. The topological polar surface area (TPSA) is 61.4 Å². The van der Waals surface area contributed by atoms with Gasteiger partial charge in [-0.05, 0) is 48.9 Å². The van der Waals surface area contributed by atoms with E-state index in [1.54, 1.807) is 0 Å². The van der Waals surface area contributed by atoms with Crippen LogP contribution in [-0.2, 0) is 6.18 Å². The van der Waals surface area contributed by atoms with Gasteiger partial charge in [0.25, 0.3) is 5.91 Å². The Morgan fingerprint density at radius 1 is 1.03 bits per heavy atom. The second-order valence-corrected chi connectivity index (χ2v) is 6.53. The number of amides is 3. The Labute approximate surface area is 162 Å². The van der Waals surface area contributed by atoms with Crippen molar-refractivity contribution in [3.63, 3.8) is 0 Å². The molecular formula is C19H16F5N3O2. The first-order valence-corrected chi connectivity index (χ1v) is 8.62. The second-order valence-electron chi connectivity index (χ2n) is 6.53. The Balaban J connectivity index is 1.59. The van der Waals surface area contributed by atoms with Crippen LogP contribution in [0, 0.1) is 11.6 Å². The van der Waals surface area contributed by atoms with Crippen LogP contribution < -0.4 is 10.6 Å². The molecule has 10 heteroatoms. The molecule has 0 spiro atoms. The lowest BCUT2D eigenvalue weighted by molar-refractivity contribution is -0.140. The van der Waals surface area contributed by atoms with Crippen molar-refractivity contribution in [1.82, 2.24) is 10.2 Å². The summed E-state index contributed by atoms with van der Waals surface area (Å²) in [4.78, 5) is 25.8. The number of nitrogens with zero attached hydrogens (tertiary/aromatic N) is 1. The summed E-state index contributed by atoms with van der Waals surface area (Å²) in [6.45, 7) is 0.313. The maximum atomic E-state index is 13.4. The summed E-state index contributed by atoms with van der Waals surface area (Å²) in [7, 11) is 0. The van der Waals surface area contributed by atoms with E-state index in [1.807, 2.05) is 0 Å². The number of alkyl halides is 3. The van der Waals surface area contributed by atoms with E-state index in [0.717, 1.165) is 6.07 Å². The van der Waals surface area contributed by atoms with Gasteiger partial charge in [-0.25, -0.2) is 13.6 Å². The van der Waals surface area contributed by atoms with E-state index >= 15 is 0 Å². The van der Waals surface area contributed by atoms with Gasteiger partial charge in [-0.3, -0.25) is 4.79 Å². The van der Waals surface area contributed by atoms with Gasteiger partial charge in [-0.2, -0.15) is 13.2 Å². The van der Waals surface area contributed by atoms with Crippen molar-refractivity contribution in [3.8, 4) is 0 Å². The zero-order valence-electron chi connectivity index (χ0n) is 14.9. The number of halogens is 5. The van der Waals surface area contributed by atoms with Gasteiger partial charge in [0.1, 0.15) is 11.6 Å². The van der Waals surface area contributed by atoms with E-state index in [-0.39, 0.29) is 18.7 Å². The highest BCUT2D eigenvalue weighted by atomic mass is 19.4. The minimum atomic E-state index is -4.91. The molecule has 1 aliphatic heterocycles. The smallest absolute Gasteiger partial charge is 0.337 e. The molecule has 1 atom stereocenters. The fourth-order valence-corrected chi connectivity index (χ4v) is 3.01. The Morgan fingerprint density at radius 2 is 1.72 bits per heavy atom. The van der Waals surface area contributed by atoms with Gasteiger partial charge in [0.15, 0.2) is 0 Å². The molecule has 0 saturated carbocycles. The maximum absolute atomic E-state index is 13.4. The lowest BCUT2D eigenvalue weighted by atomic mass is 10.1. The van der Waals surface area contributed by atoms with Crippen LogP contribution in [-0.4, -0.2) is 36.0 Å². The zero-order valence-corrected chi connectivity index (χ0v) is 14.9. The fourth-order valence-electron chi connectivity index (χ4n) is 3.01. The van der Waals surface area contributed by atoms with E-state index in [9.17, 15) is 31.5 Å². The standard InChI is InChI=1S/C19H16F5N3O2/c20-12-2-4-13(5-3-12)25-18(29)26-14-7-8-27(10-14)17(28)11-1-6-16(21)15(9-11)19(22,23)24/h1-6,9,14H,7-8,10H2,(H2,25,26,29). The molecule has 154 valence electrons. The van der Waals surface area contributed by atoms with Crippen LogP contribution in [0.1, 0.15) is 22.3 Å². The van der Waals surface area contributed by atoms with Crippen molar-refractivity contribution in [2.24, 2.45) is 0 Å². The molecule has 1 unspecified atom stereocenters. The summed E-state index contributed by atoms with van der Waals surface area (Å²) >= 11 is 0. The molecule has 2 N–H and O–H groups in total. The minimum Gasteiger partial charge on any atom is -0.337 e. The summed E-state index contributed by atoms with van der Waals surface area (Å²) in [6, 6.07) is 6.25. The highest BCUT2D eigenvalue weighted by Gasteiger charge is 2.35. The predicted molar refractivity (Wildman–Crippen MR) is 94.3 cm³/mol. The minimum absolute atomic E-state index is 0.0917. The highest BCUT2D eigenvalue weighted by Crippen LogP contribution is 2.32. The third-order valence-corrected chi connectivity index (χ3v) is 4.43. The first-order chi connectivity index (χ1) is 13.6. The molecule has 0 bridgehead atoms. The van der Waals surface area contributed by atoms with E-state index in [4.69, 9.17) is 0 Å². The molecule has 3 rings (SSSR count). The Kier molecular flexibility index (Phi) is 5.71. The monoisotopic (exact) mass is 413 g/mol. The molecular weight excluding hydrogens is 397 g/mol. The van der Waals surface area contributed by atoms with Gasteiger partial charge in [0.05, 0.1) is 5.56 Å². The van der Waals surface area contributed by atoms with Gasteiger partial charge >= 0.3 is 12.2 Å². The molecule has 0 aliphatic carbocycles. The van der Waals surface area contributed by atoms with Gasteiger partial charge in [-0.1, -0.05) is 0 Å². The van der Waals surface area contributed by atoms with Crippen molar-refractivity contribution >= 4 is 17.6 Å².